The molecule has 1 aliphatic rings. The van der Waals surface area contributed by atoms with Crippen molar-refractivity contribution in [3.63, 3.8) is 0 Å². The fourth-order valence-electron chi connectivity index (χ4n) is 0.914. The molecule has 1 fully saturated rings. The average molecular weight is 136 g/mol. The Kier molecular flexibility index (Phi) is 1.02. The topological polar surface area (TPSA) is 46.0 Å². The molecule has 3 nitrogen and oxygen atoms in total. The van der Waals surface area contributed by atoms with E-state index in [4.69, 9.17) is 0 Å². The van der Waals surface area contributed by atoms with Gasteiger partial charge >= 0.3 is 0 Å². The van der Waals surface area contributed by atoms with Crippen LogP contribution in [0.4, 0.5) is 0 Å². The maximum absolute atomic E-state index is 9.50. The largest absolute Gasteiger partial charge is 0.383 e. The number of aromatic nitrogens is 2. The highest BCUT2D eigenvalue weighted by Crippen LogP contribution is 2.43. The van der Waals surface area contributed by atoms with Gasteiger partial charge in [-0.15, -0.1) is 0 Å². The van der Waals surface area contributed by atoms with Gasteiger partial charge < -0.3 is 5.11 Å². The molecule has 1 aromatic rings. The van der Waals surface area contributed by atoms with Crippen molar-refractivity contribution in [1.29, 1.82) is 0 Å². The van der Waals surface area contributed by atoms with Gasteiger partial charge in [0.05, 0.1) is 11.9 Å². The van der Waals surface area contributed by atoms with Gasteiger partial charge in [0.15, 0.2) is 0 Å². The summed E-state index contributed by atoms with van der Waals surface area (Å²) in [6.07, 6.45) is 6.48. The number of hydrogen-bond donors (Lipinski definition) is 1. The lowest BCUT2D eigenvalue weighted by molar-refractivity contribution is 0.146. The highest BCUT2D eigenvalue weighted by molar-refractivity contribution is 5.15. The van der Waals surface area contributed by atoms with Crippen LogP contribution in [-0.2, 0) is 5.60 Å². The summed E-state index contributed by atoms with van der Waals surface area (Å²) in [6, 6.07) is 0. The Balaban J connectivity index is 2.35. The lowest BCUT2D eigenvalue weighted by Crippen LogP contribution is -2.06. The molecule has 1 heterocycles. The molecular formula is C7H8N2O. The van der Waals surface area contributed by atoms with Gasteiger partial charge in [0.1, 0.15) is 5.60 Å². The second kappa shape index (κ2) is 1.76. The summed E-state index contributed by atoms with van der Waals surface area (Å²) in [5.41, 5.74) is 0.0730. The zero-order chi connectivity index (χ0) is 7.03. The Bertz CT molecular complexity index is 231. The first kappa shape index (κ1) is 5.80. The van der Waals surface area contributed by atoms with E-state index in [1.54, 1.807) is 18.6 Å². The van der Waals surface area contributed by atoms with Crippen LogP contribution in [0.5, 0.6) is 0 Å². The van der Waals surface area contributed by atoms with E-state index >= 15 is 0 Å². The van der Waals surface area contributed by atoms with E-state index in [1.807, 2.05) is 0 Å². The van der Waals surface area contributed by atoms with E-state index < -0.39 is 5.60 Å². The van der Waals surface area contributed by atoms with Gasteiger partial charge in [-0.2, -0.15) is 0 Å². The molecule has 52 valence electrons. The van der Waals surface area contributed by atoms with Gasteiger partial charge in [-0.05, 0) is 12.8 Å². The normalized spacial score (nSPS) is 20.5. The van der Waals surface area contributed by atoms with Gasteiger partial charge in [0.25, 0.3) is 0 Å². The summed E-state index contributed by atoms with van der Waals surface area (Å²) >= 11 is 0. The van der Waals surface area contributed by atoms with Crippen LogP contribution < -0.4 is 0 Å². The van der Waals surface area contributed by atoms with Crippen LogP contribution in [0.2, 0.25) is 0 Å². The lowest BCUT2D eigenvalue weighted by atomic mass is 10.2. The van der Waals surface area contributed by atoms with Crippen molar-refractivity contribution in [2.24, 2.45) is 0 Å². The SMILES string of the molecule is OC1(c2cnccn2)CC1. The Labute approximate surface area is 58.8 Å². The van der Waals surface area contributed by atoms with Gasteiger partial charge in [-0.1, -0.05) is 0 Å². The Morgan fingerprint density at radius 1 is 1.40 bits per heavy atom. The second-order valence-electron chi connectivity index (χ2n) is 2.62. The number of rotatable bonds is 1. The molecule has 1 saturated carbocycles. The number of hydrogen-bond acceptors (Lipinski definition) is 3. The van der Waals surface area contributed by atoms with E-state index in [9.17, 15) is 5.11 Å². The van der Waals surface area contributed by atoms with Crippen LogP contribution in [0.25, 0.3) is 0 Å². The third-order valence-electron chi connectivity index (χ3n) is 1.76. The smallest absolute Gasteiger partial charge is 0.108 e. The highest BCUT2D eigenvalue weighted by atomic mass is 16.3. The zero-order valence-electron chi connectivity index (χ0n) is 5.49. The van der Waals surface area contributed by atoms with Crippen molar-refractivity contribution < 1.29 is 5.11 Å². The summed E-state index contributed by atoms with van der Waals surface area (Å²) in [6.45, 7) is 0. The summed E-state index contributed by atoms with van der Waals surface area (Å²) in [4.78, 5) is 7.87. The summed E-state index contributed by atoms with van der Waals surface area (Å²) in [7, 11) is 0. The van der Waals surface area contributed by atoms with E-state index in [0.29, 0.717) is 5.69 Å². The predicted octanol–water partition coefficient (Wildman–Crippen LogP) is 0.458. The summed E-state index contributed by atoms with van der Waals surface area (Å²) in [5.74, 6) is 0. The van der Waals surface area contributed by atoms with Crippen LogP contribution in [0.1, 0.15) is 18.5 Å². The fraction of sp³-hybridized carbons (Fsp3) is 0.429. The average Bonchev–Trinajstić information content (AvgIpc) is 2.72. The molecule has 1 N–H and O–H groups in total. The van der Waals surface area contributed by atoms with Gasteiger partial charge in [0.2, 0.25) is 0 Å². The monoisotopic (exact) mass is 136 g/mol. The van der Waals surface area contributed by atoms with Crippen molar-refractivity contribution in [1.82, 2.24) is 9.97 Å². The lowest BCUT2D eigenvalue weighted by Gasteiger charge is -2.03. The standard InChI is InChI=1S/C7H8N2O/c10-7(1-2-7)6-5-8-3-4-9-6/h3-5,10H,1-2H2. The molecule has 3 heteroatoms. The minimum atomic E-state index is -0.631. The summed E-state index contributed by atoms with van der Waals surface area (Å²) < 4.78 is 0. The second-order valence-corrected chi connectivity index (χ2v) is 2.62. The van der Waals surface area contributed by atoms with Crippen molar-refractivity contribution in [2.45, 2.75) is 18.4 Å². The Morgan fingerprint density at radius 2 is 2.20 bits per heavy atom. The Morgan fingerprint density at radius 3 is 2.70 bits per heavy atom. The van der Waals surface area contributed by atoms with Crippen LogP contribution in [0.15, 0.2) is 18.6 Å². The van der Waals surface area contributed by atoms with E-state index in [2.05, 4.69) is 9.97 Å². The van der Waals surface area contributed by atoms with E-state index in [-0.39, 0.29) is 0 Å². The molecule has 0 aliphatic heterocycles. The third-order valence-corrected chi connectivity index (χ3v) is 1.76. The molecule has 0 aromatic carbocycles. The van der Waals surface area contributed by atoms with Crippen LogP contribution in [0, 0.1) is 0 Å². The molecule has 1 aliphatic carbocycles. The van der Waals surface area contributed by atoms with Gasteiger partial charge in [0, 0.05) is 12.4 Å². The van der Waals surface area contributed by atoms with Crippen LogP contribution >= 0.6 is 0 Å². The third kappa shape index (κ3) is 0.789. The molecule has 0 atom stereocenters. The van der Waals surface area contributed by atoms with Gasteiger partial charge in [-0.25, -0.2) is 0 Å². The number of nitrogens with zero attached hydrogens (tertiary/aromatic N) is 2. The maximum atomic E-state index is 9.50. The molecule has 0 bridgehead atoms. The molecule has 0 spiro atoms. The molecular weight excluding hydrogens is 128 g/mol. The zero-order valence-corrected chi connectivity index (χ0v) is 5.49. The minimum Gasteiger partial charge on any atom is -0.383 e. The first-order chi connectivity index (χ1) is 4.81. The molecule has 0 unspecified atom stereocenters. The molecule has 1 aromatic heterocycles. The first-order valence-corrected chi connectivity index (χ1v) is 3.30. The van der Waals surface area contributed by atoms with Crippen molar-refractivity contribution in [3.8, 4) is 0 Å². The van der Waals surface area contributed by atoms with E-state index in [0.717, 1.165) is 12.8 Å². The maximum Gasteiger partial charge on any atom is 0.108 e. The van der Waals surface area contributed by atoms with Gasteiger partial charge in [-0.3, -0.25) is 9.97 Å². The predicted molar refractivity (Wildman–Crippen MR) is 35.2 cm³/mol. The van der Waals surface area contributed by atoms with E-state index in [1.165, 1.54) is 0 Å². The Hall–Kier alpha value is -0.960. The minimum absolute atomic E-state index is 0.631. The summed E-state index contributed by atoms with van der Waals surface area (Å²) in [5, 5.41) is 9.50. The molecule has 10 heavy (non-hydrogen) atoms. The molecule has 0 saturated heterocycles. The fourth-order valence-corrected chi connectivity index (χ4v) is 0.914. The molecule has 0 amide bonds. The van der Waals surface area contributed by atoms with Crippen molar-refractivity contribution >= 4 is 0 Å². The number of aliphatic hydroxyl groups is 1. The molecule has 2 rings (SSSR count). The van der Waals surface area contributed by atoms with Crippen LogP contribution in [-0.4, -0.2) is 15.1 Å². The highest BCUT2D eigenvalue weighted by Gasteiger charge is 2.43. The first-order valence-electron chi connectivity index (χ1n) is 3.30. The van der Waals surface area contributed by atoms with Crippen LogP contribution in [0.3, 0.4) is 0 Å². The molecule has 0 radical (unpaired) electrons. The van der Waals surface area contributed by atoms with Crippen molar-refractivity contribution in [3.05, 3.63) is 24.3 Å². The van der Waals surface area contributed by atoms with Crippen molar-refractivity contribution in [2.75, 3.05) is 0 Å². The quantitative estimate of drug-likeness (QED) is 0.610.